The van der Waals surface area contributed by atoms with Crippen molar-refractivity contribution in [1.82, 2.24) is 9.97 Å². The number of hydrogen-bond donors (Lipinski definition) is 0. The van der Waals surface area contributed by atoms with Gasteiger partial charge in [0.15, 0.2) is 0 Å². The molecule has 174 valence electrons. The molecular formula is C30H21N2O2PS. The molecule has 4 heterocycles. The van der Waals surface area contributed by atoms with Crippen LogP contribution >= 0.6 is 6.04 Å². The summed E-state index contributed by atoms with van der Waals surface area (Å²) in [6.45, 7) is 4.01. The van der Waals surface area contributed by atoms with Crippen molar-refractivity contribution in [3.8, 4) is 45.5 Å². The van der Waals surface area contributed by atoms with Gasteiger partial charge in [-0.25, -0.2) is 0 Å². The molecule has 0 saturated carbocycles. The molecule has 36 heavy (non-hydrogen) atoms. The molecule has 2 aliphatic rings. The van der Waals surface area contributed by atoms with Gasteiger partial charge in [-0.15, -0.1) is 0 Å². The average molecular weight is 505 g/mol. The van der Waals surface area contributed by atoms with Crippen molar-refractivity contribution in [3.63, 3.8) is 0 Å². The van der Waals surface area contributed by atoms with Gasteiger partial charge in [0.05, 0.1) is 22.7 Å². The maximum absolute atomic E-state index is 6.74. The Morgan fingerprint density at radius 2 is 1.06 bits per heavy atom. The van der Waals surface area contributed by atoms with Crippen molar-refractivity contribution in [2.45, 2.75) is 13.8 Å². The van der Waals surface area contributed by atoms with Crippen LogP contribution in [0.1, 0.15) is 11.4 Å². The minimum absolute atomic E-state index is 0.773. The Morgan fingerprint density at radius 1 is 0.583 bits per heavy atom. The number of aryl methyl sites for hydroxylation is 2. The van der Waals surface area contributed by atoms with Crippen molar-refractivity contribution in [2.24, 2.45) is 0 Å². The monoisotopic (exact) mass is 504 g/mol. The van der Waals surface area contributed by atoms with Crippen molar-refractivity contribution >= 4 is 33.8 Å². The van der Waals surface area contributed by atoms with Crippen molar-refractivity contribution in [2.75, 3.05) is 0 Å². The first-order valence-corrected chi connectivity index (χ1v) is 14.6. The Bertz CT molecular complexity index is 1640. The molecule has 7 rings (SSSR count). The summed E-state index contributed by atoms with van der Waals surface area (Å²) < 4.78 is 12.8. The van der Waals surface area contributed by atoms with E-state index in [1.54, 1.807) is 0 Å². The fourth-order valence-electron chi connectivity index (χ4n) is 5.01. The molecule has 0 radical (unpaired) electrons. The van der Waals surface area contributed by atoms with E-state index >= 15 is 0 Å². The Hall–Kier alpha value is -3.79. The number of nitrogens with zero attached hydrogens (tertiary/aromatic N) is 2. The van der Waals surface area contributed by atoms with Gasteiger partial charge in [0, 0.05) is 33.1 Å². The summed E-state index contributed by atoms with van der Waals surface area (Å²) in [5.74, 6) is 3.14. The van der Waals surface area contributed by atoms with E-state index in [2.05, 4.69) is 24.3 Å². The number of fused-ring (bicyclic) bond motifs is 4. The maximum Gasteiger partial charge on any atom is 0.140 e. The largest absolute Gasteiger partial charge is 0.456 e. The summed E-state index contributed by atoms with van der Waals surface area (Å²) in [5, 5.41) is 3.03. The zero-order chi connectivity index (χ0) is 24.4. The molecular weight excluding hydrogens is 483 g/mol. The molecule has 5 aromatic rings. The first-order chi connectivity index (χ1) is 17.5. The molecule has 0 aliphatic carbocycles. The van der Waals surface area contributed by atoms with Crippen LogP contribution in [0.15, 0.2) is 91.0 Å². The standard InChI is InChI=1S/C30H21N2O2PS/c1-18-6-3-8-22(31-18)20-12-14-24-28(16-20)35(36)29-17-21(23-9-4-7-19(2)32-23)13-15-25(29)34-27-11-5-10-26(33-24)30(27)35/h3-17H,1-2H3. The third-order valence-corrected chi connectivity index (χ3v) is 11.5. The molecule has 4 nitrogen and oxygen atoms in total. The Morgan fingerprint density at radius 3 is 1.53 bits per heavy atom. The van der Waals surface area contributed by atoms with Crippen molar-refractivity contribution < 1.29 is 9.47 Å². The van der Waals surface area contributed by atoms with Crippen molar-refractivity contribution in [3.05, 3.63) is 102 Å². The van der Waals surface area contributed by atoms with Crippen LogP contribution in [0.3, 0.4) is 0 Å². The SMILES string of the molecule is Cc1cccc(-c2ccc3c(c2)P2(=S)c4cc(-c5cccc(C)n5)ccc4Oc4cccc(c42)O3)n1. The fraction of sp³-hybridized carbons (Fsp3) is 0.0667. The number of aromatic nitrogens is 2. The lowest BCUT2D eigenvalue weighted by Crippen LogP contribution is -2.35. The molecule has 0 bridgehead atoms. The smallest absolute Gasteiger partial charge is 0.140 e. The molecule has 0 amide bonds. The third-order valence-electron chi connectivity index (χ3n) is 6.68. The number of benzene rings is 3. The fourth-order valence-corrected chi connectivity index (χ4v) is 9.51. The minimum atomic E-state index is -2.51. The predicted octanol–water partition coefficient (Wildman–Crippen LogP) is 6.39. The number of pyridine rings is 2. The molecule has 0 saturated heterocycles. The summed E-state index contributed by atoms with van der Waals surface area (Å²) >= 11 is 6.74. The Labute approximate surface area is 214 Å². The molecule has 0 unspecified atom stereocenters. The molecule has 2 aromatic heterocycles. The van der Waals surface area contributed by atoms with E-state index in [0.29, 0.717) is 0 Å². The van der Waals surface area contributed by atoms with Crippen LogP contribution in [0.25, 0.3) is 22.5 Å². The number of ether oxygens (including phenoxy) is 2. The Kier molecular flexibility index (Phi) is 4.69. The summed E-state index contributed by atoms with van der Waals surface area (Å²) in [5.41, 5.74) is 5.84. The highest BCUT2D eigenvalue weighted by atomic mass is 32.4. The van der Waals surface area contributed by atoms with E-state index in [4.69, 9.17) is 31.2 Å². The van der Waals surface area contributed by atoms with Gasteiger partial charge in [-0.05, 0) is 86.6 Å². The lowest BCUT2D eigenvalue weighted by atomic mass is 10.1. The Balaban J connectivity index is 1.50. The summed E-state index contributed by atoms with van der Waals surface area (Å²) in [4.78, 5) is 9.51. The van der Waals surface area contributed by atoms with Gasteiger partial charge in [-0.1, -0.05) is 30.0 Å². The highest BCUT2D eigenvalue weighted by molar-refractivity contribution is 8.26. The maximum atomic E-state index is 6.74. The number of rotatable bonds is 2. The van der Waals surface area contributed by atoms with Gasteiger partial charge in [-0.3, -0.25) is 9.97 Å². The third kappa shape index (κ3) is 3.17. The second kappa shape index (κ2) is 7.86. The van der Waals surface area contributed by atoms with Crippen LogP contribution in [-0.2, 0) is 11.8 Å². The summed E-state index contributed by atoms with van der Waals surface area (Å²) in [6, 6.07) is 28.1. The highest BCUT2D eigenvalue weighted by Crippen LogP contribution is 2.59. The second-order valence-electron chi connectivity index (χ2n) is 9.11. The van der Waals surface area contributed by atoms with Crippen LogP contribution in [0.4, 0.5) is 0 Å². The van der Waals surface area contributed by atoms with E-state index in [1.165, 1.54) is 0 Å². The van der Waals surface area contributed by atoms with E-state index < -0.39 is 6.04 Å². The van der Waals surface area contributed by atoms with Gasteiger partial charge in [0.1, 0.15) is 23.0 Å². The normalized spacial score (nSPS) is 14.1. The minimum Gasteiger partial charge on any atom is -0.456 e. The van der Waals surface area contributed by atoms with Gasteiger partial charge < -0.3 is 9.47 Å². The van der Waals surface area contributed by atoms with E-state index in [1.807, 2.05) is 80.6 Å². The average Bonchev–Trinajstić information content (AvgIpc) is 2.89. The molecule has 0 spiro atoms. The topological polar surface area (TPSA) is 44.2 Å². The van der Waals surface area contributed by atoms with E-state index in [9.17, 15) is 0 Å². The highest BCUT2D eigenvalue weighted by Gasteiger charge is 2.42. The van der Waals surface area contributed by atoms with Gasteiger partial charge in [-0.2, -0.15) is 0 Å². The van der Waals surface area contributed by atoms with Gasteiger partial charge in [0.25, 0.3) is 0 Å². The van der Waals surface area contributed by atoms with Crippen LogP contribution < -0.4 is 25.4 Å². The zero-order valence-corrected chi connectivity index (χ0v) is 21.4. The lowest BCUT2D eigenvalue weighted by molar-refractivity contribution is 0.466. The second-order valence-corrected chi connectivity index (χ2v) is 13.4. The van der Waals surface area contributed by atoms with Gasteiger partial charge >= 0.3 is 0 Å². The van der Waals surface area contributed by atoms with Crippen LogP contribution in [0, 0.1) is 13.8 Å². The van der Waals surface area contributed by atoms with Crippen LogP contribution in [0.5, 0.6) is 23.0 Å². The molecule has 0 N–H and O–H groups in total. The zero-order valence-electron chi connectivity index (χ0n) is 19.7. The quantitative estimate of drug-likeness (QED) is 0.255. The summed E-state index contributed by atoms with van der Waals surface area (Å²) in [7, 11) is 0. The molecule has 0 fully saturated rings. The van der Waals surface area contributed by atoms with Crippen LogP contribution in [-0.4, -0.2) is 9.97 Å². The first kappa shape index (κ1) is 21.5. The van der Waals surface area contributed by atoms with Crippen molar-refractivity contribution in [1.29, 1.82) is 0 Å². The number of hydrogen-bond acceptors (Lipinski definition) is 5. The molecule has 3 aromatic carbocycles. The van der Waals surface area contributed by atoms with Crippen LogP contribution in [0.2, 0.25) is 0 Å². The van der Waals surface area contributed by atoms with Gasteiger partial charge in [0.2, 0.25) is 0 Å². The van der Waals surface area contributed by atoms with E-state index in [-0.39, 0.29) is 0 Å². The first-order valence-electron chi connectivity index (χ1n) is 11.8. The molecule has 0 atom stereocenters. The predicted molar refractivity (Wildman–Crippen MR) is 149 cm³/mol. The lowest BCUT2D eigenvalue weighted by Gasteiger charge is -2.37. The summed E-state index contributed by atoms with van der Waals surface area (Å²) in [6.07, 6.45) is 0. The molecule has 2 aliphatic heterocycles. The van der Waals surface area contributed by atoms with E-state index in [0.717, 1.165) is 72.8 Å². The molecule has 6 heteroatoms.